The molecule has 0 aromatic carbocycles. The minimum absolute atomic E-state index is 0.220. The van der Waals surface area contributed by atoms with E-state index in [1.807, 2.05) is 11.8 Å². The normalized spacial score (nSPS) is 18.1. The Labute approximate surface area is 84.9 Å². The first-order valence-corrected chi connectivity index (χ1v) is 5.34. The molecule has 1 heterocycles. The first-order chi connectivity index (χ1) is 6.77. The Morgan fingerprint density at radius 3 is 2.71 bits per heavy atom. The fourth-order valence-corrected chi connectivity index (χ4v) is 1.69. The number of hydrogen-bond donors (Lipinski definition) is 0. The van der Waals surface area contributed by atoms with E-state index >= 15 is 0 Å². The van der Waals surface area contributed by atoms with E-state index in [2.05, 4.69) is 4.90 Å². The van der Waals surface area contributed by atoms with Crippen molar-refractivity contribution >= 4 is 5.91 Å². The molecular weight excluding hydrogens is 183 g/mol. The molecule has 1 fully saturated rings. The maximum absolute atomic E-state index is 11.8. The van der Waals surface area contributed by atoms with Crippen molar-refractivity contribution in [3.63, 3.8) is 0 Å². The maximum Gasteiger partial charge on any atom is 0.237 e. The van der Waals surface area contributed by atoms with E-state index in [9.17, 15) is 9.18 Å². The average molecular weight is 202 g/mol. The van der Waals surface area contributed by atoms with E-state index in [4.69, 9.17) is 0 Å². The van der Waals surface area contributed by atoms with Crippen LogP contribution in [0.5, 0.6) is 0 Å². The third kappa shape index (κ3) is 3.25. The molecule has 0 saturated carbocycles. The quantitative estimate of drug-likeness (QED) is 0.605. The van der Waals surface area contributed by atoms with Crippen LogP contribution < -0.4 is 0 Å². The van der Waals surface area contributed by atoms with E-state index in [0.29, 0.717) is 13.0 Å². The van der Waals surface area contributed by atoms with Gasteiger partial charge in [-0.2, -0.15) is 0 Å². The summed E-state index contributed by atoms with van der Waals surface area (Å²) in [5, 5.41) is 0. The molecular formula is C10H19FN2O. The molecule has 1 aliphatic rings. The van der Waals surface area contributed by atoms with E-state index in [-0.39, 0.29) is 12.6 Å². The fraction of sp³-hybridized carbons (Fsp3) is 0.900. The van der Waals surface area contributed by atoms with Crippen molar-refractivity contribution in [1.29, 1.82) is 0 Å². The van der Waals surface area contributed by atoms with Crippen molar-refractivity contribution in [2.45, 2.75) is 26.2 Å². The number of carbonyl (C=O) groups excluding carboxylic acids is 1. The predicted molar refractivity (Wildman–Crippen MR) is 53.7 cm³/mol. The second-order valence-electron chi connectivity index (χ2n) is 3.69. The highest BCUT2D eigenvalue weighted by Crippen LogP contribution is 2.07. The van der Waals surface area contributed by atoms with Crippen LogP contribution in [-0.2, 0) is 4.79 Å². The van der Waals surface area contributed by atoms with Crippen molar-refractivity contribution in [3.8, 4) is 0 Å². The Hall–Kier alpha value is -0.640. The highest BCUT2D eigenvalue weighted by Gasteiger charge is 2.24. The third-order valence-electron chi connectivity index (χ3n) is 2.57. The van der Waals surface area contributed by atoms with Gasteiger partial charge in [0.2, 0.25) is 5.91 Å². The molecule has 82 valence electrons. The Bertz CT molecular complexity index is 187. The molecule has 0 aromatic rings. The van der Waals surface area contributed by atoms with Gasteiger partial charge in [0, 0.05) is 13.1 Å². The number of alkyl halides is 1. The summed E-state index contributed by atoms with van der Waals surface area (Å²) >= 11 is 0. The van der Waals surface area contributed by atoms with Gasteiger partial charge in [-0.05, 0) is 26.2 Å². The monoisotopic (exact) mass is 202 g/mol. The molecule has 1 saturated heterocycles. The Morgan fingerprint density at radius 2 is 2.14 bits per heavy atom. The summed E-state index contributed by atoms with van der Waals surface area (Å²) in [7, 11) is 0. The molecule has 1 amide bonds. The van der Waals surface area contributed by atoms with Gasteiger partial charge in [0.25, 0.3) is 0 Å². The van der Waals surface area contributed by atoms with Crippen LogP contribution in [-0.4, -0.2) is 48.7 Å². The van der Waals surface area contributed by atoms with Gasteiger partial charge in [-0.3, -0.25) is 14.1 Å². The highest BCUT2D eigenvalue weighted by atomic mass is 19.1. The molecule has 3 nitrogen and oxygen atoms in total. The SMILES string of the molecule is CCN1CN(CCCCCF)CC1=O. The fourth-order valence-electron chi connectivity index (χ4n) is 1.69. The summed E-state index contributed by atoms with van der Waals surface area (Å²) in [6, 6.07) is 0. The predicted octanol–water partition coefficient (Wildman–Crippen LogP) is 1.25. The first kappa shape index (κ1) is 11.4. The van der Waals surface area contributed by atoms with Crippen LogP contribution in [0, 0.1) is 0 Å². The molecule has 1 aliphatic heterocycles. The van der Waals surface area contributed by atoms with Crippen LogP contribution in [0.3, 0.4) is 0 Å². The van der Waals surface area contributed by atoms with Crippen molar-refractivity contribution < 1.29 is 9.18 Å². The zero-order valence-electron chi connectivity index (χ0n) is 8.84. The average Bonchev–Trinajstić information content (AvgIpc) is 2.54. The number of unbranched alkanes of at least 4 members (excludes halogenated alkanes) is 2. The lowest BCUT2D eigenvalue weighted by atomic mass is 10.2. The van der Waals surface area contributed by atoms with Crippen molar-refractivity contribution in [2.24, 2.45) is 0 Å². The van der Waals surface area contributed by atoms with Crippen LogP contribution >= 0.6 is 0 Å². The molecule has 0 radical (unpaired) electrons. The number of carbonyl (C=O) groups is 1. The summed E-state index contributed by atoms with van der Waals surface area (Å²) < 4.78 is 11.8. The second kappa shape index (κ2) is 5.96. The number of amides is 1. The lowest BCUT2D eigenvalue weighted by Gasteiger charge is -2.15. The van der Waals surface area contributed by atoms with Crippen LogP contribution in [0.25, 0.3) is 0 Å². The van der Waals surface area contributed by atoms with Gasteiger partial charge < -0.3 is 4.90 Å². The summed E-state index contributed by atoms with van der Waals surface area (Å²) in [6.45, 7) is 4.78. The van der Waals surface area contributed by atoms with E-state index in [1.54, 1.807) is 0 Å². The zero-order valence-corrected chi connectivity index (χ0v) is 8.84. The smallest absolute Gasteiger partial charge is 0.237 e. The van der Waals surface area contributed by atoms with Gasteiger partial charge in [-0.25, -0.2) is 0 Å². The van der Waals surface area contributed by atoms with E-state index in [1.165, 1.54) is 0 Å². The number of nitrogens with zero attached hydrogens (tertiary/aromatic N) is 2. The molecule has 0 bridgehead atoms. The number of hydrogen-bond acceptors (Lipinski definition) is 2. The topological polar surface area (TPSA) is 23.6 Å². The number of halogens is 1. The number of likely N-dealkylation sites (N-methyl/N-ethyl adjacent to an activating group) is 1. The van der Waals surface area contributed by atoms with Crippen LogP contribution in [0.4, 0.5) is 4.39 Å². The van der Waals surface area contributed by atoms with Crippen molar-refractivity contribution in [1.82, 2.24) is 9.80 Å². The highest BCUT2D eigenvalue weighted by molar-refractivity contribution is 5.79. The second-order valence-corrected chi connectivity index (χ2v) is 3.69. The molecule has 4 heteroatoms. The lowest BCUT2D eigenvalue weighted by molar-refractivity contribution is -0.126. The summed E-state index contributed by atoms with van der Waals surface area (Å²) in [5.74, 6) is 0.220. The Morgan fingerprint density at radius 1 is 1.36 bits per heavy atom. The largest absolute Gasteiger partial charge is 0.329 e. The molecule has 0 spiro atoms. The standard InChI is InChI=1S/C10H19FN2O/c1-2-13-9-12(8-10(13)14)7-5-3-4-6-11/h2-9H2,1H3. The lowest BCUT2D eigenvalue weighted by Crippen LogP contribution is -2.27. The zero-order chi connectivity index (χ0) is 10.4. The molecule has 0 aromatic heterocycles. The van der Waals surface area contributed by atoms with Gasteiger partial charge in [-0.15, -0.1) is 0 Å². The van der Waals surface area contributed by atoms with Crippen LogP contribution in [0.2, 0.25) is 0 Å². The minimum Gasteiger partial charge on any atom is -0.329 e. The summed E-state index contributed by atoms with van der Waals surface area (Å²) in [5.41, 5.74) is 0. The van der Waals surface area contributed by atoms with Crippen molar-refractivity contribution in [2.75, 3.05) is 33.0 Å². The summed E-state index contributed by atoms with van der Waals surface area (Å²) in [4.78, 5) is 15.3. The molecule has 14 heavy (non-hydrogen) atoms. The van der Waals surface area contributed by atoms with Crippen molar-refractivity contribution in [3.05, 3.63) is 0 Å². The third-order valence-corrected chi connectivity index (χ3v) is 2.57. The summed E-state index contributed by atoms with van der Waals surface area (Å²) in [6.07, 6.45) is 2.57. The number of rotatable bonds is 6. The molecule has 1 rings (SSSR count). The van der Waals surface area contributed by atoms with Gasteiger partial charge >= 0.3 is 0 Å². The first-order valence-electron chi connectivity index (χ1n) is 5.34. The molecule has 0 unspecified atom stereocenters. The minimum atomic E-state index is -0.222. The van der Waals surface area contributed by atoms with Gasteiger partial charge in [0.15, 0.2) is 0 Å². The van der Waals surface area contributed by atoms with Gasteiger partial charge in [0.05, 0.1) is 19.9 Å². The molecule has 0 N–H and O–H groups in total. The maximum atomic E-state index is 11.8. The Kier molecular flexibility index (Phi) is 4.87. The van der Waals surface area contributed by atoms with E-state index in [0.717, 1.165) is 32.6 Å². The van der Waals surface area contributed by atoms with Crippen LogP contribution in [0.15, 0.2) is 0 Å². The van der Waals surface area contributed by atoms with E-state index < -0.39 is 0 Å². The Balaban J connectivity index is 2.12. The molecule has 0 atom stereocenters. The van der Waals surface area contributed by atoms with Gasteiger partial charge in [-0.1, -0.05) is 0 Å². The van der Waals surface area contributed by atoms with Gasteiger partial charge in [0.1, 0.15) is 0 Å². The molecule has 0 aliphatic carbocycles. The van der Waals surface area contributed by atoms with Crippen LogP contribution in [0.1, 0.15) is 26.2 Å².